The number of carbonyl (C=O) groups excluding carboxylic acids is 1. The summed E-state index contributed by atoms with van der Waals surface area (Å²) in [4.78, 5) is 11.8. The molecule has 1 unspecified atom stereocenters. The van der Waals surface area contributed by atoms with E-state index in [0.717, 1.165) is 17.3 Å². The third kappa shape index (κ3) is 3.84. The van der Waals surface area contributed by atoms with Crippen LogP contribution < -0.4 is 5.32 Å². The van der Waals surface area contributed by atoms with Gasteiger partial charge in [-0.15, -0.1) is 10.2 Å². The summed E-state index contributed by atoms with van der Waals surface area (Å²) in [6, 6.07) is 10.0. The van der Waals surface area contributed by atoms with Crippen molar-refractivity contribution in [1.82, 2.24) is 20.1 Å². The van der Waals surface area contributed by atoms with E-state index in [0.29, 0.717) is 5.75 Å². The molecule has 1 amide bonds. The minimum Gasteiger partial charge on any atom is -0.353 e. The number of carbonyl (C=O) groups is 1. The van der Waals surface area contributed by atoms with Crippen LogP contribution in [-0.4, -0.2) is 32.5 Å². The van der Waals surface area contributed by atoms with Gasteiger partial charge in [-0.3, -0.25) is 9.36 Å². The quantitative estimate of drug-likeness (QED) is 0.829. The number of rotatable bonds is 6. The standard InChI is InChI=1S/C14H18N4OS/c1-3-11(2)16-13(19)9-20-14-17-15-10-18(14)12-7-5-4-6-8-12/h4-8,10-11H,3,9H2,1-2H3,(H,16,19). The van der Waals surface area contributed by atoms with Crippen LogP contribution in [0.5, 0.6) is 0 Å². The van der Waals surface area contributed by atoms with E-state index in [-0.39, 0.29) is 11.9 Å². The summed E-state index contributed by atoms with van der Waals surface area (Å²) < 4.78 is 1.88. The van der Waals surface area contributed by atoms with Gasteiger partial charge in [0, 0.05) is 11.7 Å². The van der Waals surface area contributed by atoms with Crippen LogP contribution in [0, 0.1) is 0 Å². The number of hydrogen-bond donors (Lipinski definition) is 1. The van der Waals surface area contributed by atoms with E-state index >= 15 is 0 Å². The van der Waals surface area contributed by atoms with Crippen LogP contribution in [0.2, 0.25) is 0 Å². The van der Waals surface area contributed by atoms with Gasteiger partial charge in [0.15, 0.2) is 5.16 Å². The fourth-order valence-corrected chi connectivity index (χ4v) is 2.38. The molecule has 1 N–H and O–H groups in total. The van der Waals surface area contributed by atoms with Crippen LogP contribution >= 0.6 is 11.8 Å². The number of thioether (sulfide) groups is 1. The van der Waals surface area contributed by atoms with E-state index in [1.54, 1.807) is 6.33 Å². The van der Waals surface area contributed by atoms with Gasteiger partial charge in [-0.1, -0.05) is 36.9 Å². The Morgan fingerprint density at radius 3 is 2.85 bits per heavy atom. The zero-order valence-electron chi connectivity index (χ0n) is 11.6. The summed E-state index contributed by atoms with van der Waals surface area (Å²) in [5.74, 6) is 0.363. The molecule has 20 heavy (non-hydrogen) atoms. The maximum Gasteiger partial charge on any atom is 0.230 e. The summed E-state index contributed by atoms with van der Waals surface area (Å²) in [5.41, 5.74) is 0.988. The second-order valence-corrected chi connectivity index (χ2v) is 5.43. The van der Waals surface area contributed by atoms with E-state index in [1.807, 2.05) is 48.7 Å². The van der Waals surface area contributed by atoms with Gasteiger partial charge >= 0.3 is 0 Å². The second kappa shape index (κ2) is 7.09. The van der Waals surface area contributed by atoms with E-state index in [2.05, 4.69) is 15.5 Å². The van der Waals surface area contributed by atoms with Crippen LogP contribution in [0.4, 0.5) is 0 Å². The number of para-hydroxylation sites is 1. The topological polar surface area (TPSA) is 59.8 Å². The van der Waals surface area contributed by atoms with Crippen molar-refractivity contribution in [3.05, 3.63) is 36.7 Å². The molecule has 0 saturated carbocycles. The zero-order chi connectivity index (χ0) is 14.4. The average Bonchev–Trinajstić information content (AvgIpc) is 2.94. The summed E-state index contributed by atoms with van der Waals surface area (Å²) in [5, 5.41) is 11.6. The Morgan fingerprint density at radius 2 is 2.15 bits per heavy atom. The first-order chi connectivity index (χ1) is 9.70. The molecule has 2 aromatic rings. The monoisotopic (exact) mass is 290 g/mol. The molecule has 1 heterocycles. The maximum atomic E-state index is 11.8. The molecule has 0 aliphatic rings. The molecule has 0 fully saturated rings. The molecular formula is C14H18N4OS. The first-order valence-corrected chi connectivity index (χ1v) is 7.57. The molecule has 0 saturated heterocycles. The van der Waals surface area contributed by atoms with Gasteiger partial charge in [0.05, 0.1) is 5.75 Å². The number of benzene rings is 1. The lowest BCUT2D eigenvalue weighted by Gasteiger charge is -2.11. The lowest BCUT2D eigenvalue weighted by molar-refractivity contribution is -0.119. The third-order valence-electron chi connectivity index (χ3n) is 2.90. The smallest absolute Gasteiger partial charge is 0.230 e. The van der Waals surface area contributed by atoms with E-state index in [1.165, 1.54) is 11.8 Å². The van der Waals surface area contributed by atoms with Crippen molar-refractivity contribution in [2.45, 2.75) is 31.5 Å². The Balaban J connectivity index is 1.98. The molecule has 1 aromatic carbocycles. The minimum atomic E-state index is 0.0203. The van der Waals surface area contributed by atoms with Crippen molar-refractivity contribution in [3.63, 3.8) is 0 Å². The number of amides is 1. The average molecular weight is 290 g/mol. The normalized spacial score (nSPS) is 12.1. The highest BCUT2D eigenvalue weighted by Crippen LogP contribution is 2.18. The fourth-order valence-electron chi connectivity index (χ4n) is 1.64. The van der Waals surface area contributed by atoms with Gasteiger partial charge in [-0.25, -0.2) is 0 Å². The largest absolute Gasteiger partial charge is 0.353 e. The van der Waals surface area contributed by atoms with Crippen molar-refractivity contribution in [3.8, 4) is 5.69 Å². The Hall–Kier alpha value is -1.82. The highest BCUT2D eigenvalue weighted by molar-refractivity contribution is 7.99. The van der Waals surface area contributed by atoms with E-state index in [4.69, 9.17) is 0 Å². The van der Waals surface area contributed by atoms with Gasteiger partial charge in [-0.05, 0) is 25.5 Å². The predicted molar refractivity (Wildman–Crippen MR) is 80.0 cm³/mol. The fraction of sp³-hybridized carbons (Fsp3) is 0.357. The van der Waals surface area contributed by atoms with E-state index in [9.17, 15) is 4.79 Å². The summed E-state index contributed by atoms with van der Waals surface area (Å²) >= 11 is 1.39. The van der Waals surface area contributed by atoms with Crippen LogP contribution in [-0.2, 0) is 4.79 Å². The Bertz CT molecular complexity index is 555. The van der Waals surface area contributed by atoms with Crippen molar-refractivity contribution in [2.75, 3.05) is 5.75 Å². The Morgan fingerprint density at radius 1 is 1.40 bits per heavy atom. The summed E-state index contributed by atoms with van der Waals surface area (Å²) in [6.07, 6.45) is 2.58. The van der Waals surface area contributed by atoms with Crippen LogP contribution in [0.1, 0.15) is 20.3 Å². The lowest BCUT2D eigenvalue weighted by atomic mass is 10.3. The van der Waals surface area contributed by atoms with Gasteiger partial charge in [0.1, 0.15) is 6.33 Å². The van der Waals surface area contributed by atoms with Gasteiger partial charge in [-0.2, -0.15) is 0 Å². The molecular weight excluding hydrogens is 272 g/mol. The molecule has 0 radical (unpaired) electrons. The molecule has 6 heteroatoms. The number of aromatic nitrogens is 3. The zero-order valence-corrected chi connectivity index (χ0v) is 12.4. The second-order valence-electron chi connectivity index (χ2n) is 4.48. The highest BCUT2D eigenvalue weighted by Gasteiger charge is 2.11. The van der Waals surface area contributed by atoms with Crippen molar-refractivity contribution in [2.24, 2.45) is 0 Å². The van der Waals surface area contributed by atoms with Crippen molar-refractivity contribution in [1.29, 1.82) is 0 Å². The molecule has 106 valence electrons. The molecule has 0 aliphatic carbocycles. The summed E-state index contributed by atoms with van der Waals surface area (Å²) in [7, 11) is 0. The molecule has 2 rings (SSSR count). The highest BCUT2D eigenvalue weighted by atomic mass is 32.2. The van der Waals surface area contributed by atoms with Gasteiger partial charge in [0.2, 0.25) is 5.91 Å². The molecule has 1 atom stereocenters. The molecule has 0 bridgehead atoms. The van der Waals surface area contributed by atoms with Gasteiger partial charge < -0.3 is 5.32 Å². The molecule has 0 spiro atoms. The first-order valence-electron chi connectivity index (χ1n) is 6.58. The SMILES string of the molecule is CCC(C)NC(=O)CSc1nncn1-c1ccccc1. The van der Waals surface area contributed by atoms with Crippen LogP contribution in [0.15, 0.2) is 41.8 Å². The molecule has 0 aliphatic heterocycles. The summed E-state index contributed by atoms with van der Waals surface area (Å²) in [6.45, 7) is 4.04. The number of nitrogens with one attached hydrogen (secondary N) is 1. The predicted octanol–water partition coefficient (Wildman–Crippen LogP) is 2.27. The van der Waals surface area contributed by atoms with Crippen LogP contribution in [0.25, 0.3) is 5.69 Å². The minimum absolute atomic E-state index is 0.0203. The molecule has 5 nitrogen and oxygen atoms in total. The maximum absolute atomic E-state index is 11.8. The van der Waals surface area contributed by atoms with Gasteiger partial charge in [0.25, 0.3) is 0 Å². The molecule has 1 aromatic heterocycles. The Labute approximate surface area is 122 Å². The van der Waals surface area contributed by atoms with E-state index < -0.39 is 0 Å². The van der Waals surface area contributed by atoms with Crippen LogP contribution in [0.3, 0.4) is 0 Å². The first kappa shape index (κ1) is 14.6. The van der Waals surface area contributed by atoms with Crippen molar-refractivity contribution >= 4 is 17.7 Å². The number of hydrogen-bond acceptors (Lipinski definition) is 4. The third-order valence-corrected chi connectivity index (χ3v) is 3.85. The van der Waals surface area contributed by atoms with Crippen molar-refractivity contribution < 1.29 is 4.79 Å². The Kier molecular flexibility index (Phi) is 5.17. The lowest BCUT2D eigenvalue weighted by Crippen LogP contribution is -2.33. The number of nitrogens with zero attached hydrogens (tertiary/aromatic N) is 3.